The van der Waals surface area contributed by atoms with Gasteiger partial charge in [-0.3, -0.25) is 4.21 Å². The number of hydrogen-bond acceptors (Lipinski definition) is 3. The van der Waals surface area contributed by atoms with Gasteiger partial charge in [0.1, 0.15) is 0 Å². The maximum absolute atomic E-state index is 12.1. The van der Waals surface area contributed by atoms with Crippen LogP contribution in [0.15, 0.2) is 21.7 Å². The largest absolute Gasteiger partial charge is 0.327 e. The van der Waals surface area contributed by atoms with Gasteiger partial charge in [-0.05, 0) is 24.3 Å². The monoisotopic (exact) mass is 229 g/mol. The highest BCUT2D eigenvalue weighted by molar-refractivity contribution is 7.88. The van der Waals surface area contributed by atoms with Crippen molar-refractivity contribution in [3.63, 3.8) is 0 Å². The Morgan fingerprint density at radius 3 is 2.86 bits per heavy atom. The Kier molecular flexibility index (Phi) is 3.36. The molecule has 0 spiro atoms. The maximum atomic E-state index is 12.1. The first-order chi connectivity index (χ1) is 6.79. The molecule has 0 aromatic carbocycles. The van der Waals surface area contributed by atoms with Crippen LogP contribution < -0.4 is 5.73 Å². The normalized spacial score (nSPS) is 30.1. The second-order valence-electron chi connectivity index (χ2n) is 3.72. The van der Waals surface area contributed by atoms with Gasteiger partial charge in [0.05, 0.1) is 20.3 Å². The second-order valence-corrected chi connectivity index (χ2v) is 6.56. The van der Waals surface area contributed by atoms with Crippen LogP contribution in [0.3, 0.4) is 0 Å². The van der Waals surface area contributed by atoms with Crippen LogP contribution in [0.5, 0.6) is 0 Å². The number of rotatable bonds is 2. The van der Waals surface area contributed by atoms with Crippen LogP contribution in [0.2, 0.25) is 0 Å². The molecule has 1 heterocycles. The third kappa shape index (κ3) is 2.07. The van der Waals surface area contributed by atoms with Gasteiger partial charge in [-0.2, -0.15) is 0 Å². The lowest BCUT2D eigenvalue weighted by Gasteiger charge is -2.27. The Labute approximate surface area is 91.0 Å². The smallest absolute Gasteiger partial charge is 0.0914 e. The fraction of sp³-hybridized carbons (Fsp3) is 0.600. The molecule has 2 nitrogen and oxygen atoms in total. The molecule has 1 aromatic rings. The molecule has 1 aliphatic carbocycles. The molecule has 3 atom stereocenters. The summed E-state index contributed by atoms with van der Waals surface area (Å²) in [7, 11) is -0.875. The first-order valence-electron chi connectivity index (χ1n) is 4.98. The molecule has 0 saturated heterocycles. The van der Waals surface area contributed by atoms with E-state index in [0.29, 0.717) is 0 Å². The molecule has 0 radical (unpaired) electrons. The summed E-state index contributed by atoms with van der Waals surface area (Å²) in [6.45, 7) is 0. The molecule has 1 aliphatic rings. The molecule has 14 heavy (non-hydrogen) atoms. The molecule has 0 bridgehead atoms. The minimum absolute atomic E-state index is 0.131. The summed E-state index contributed by atoms with van der Waals surface area (Å²) in [5, 5.41) is 2.16. The van der Waals surface area contributed by atoms with Gasteiger partial charge in [-0.25, -0.2) is 0 Å². The van der Waals surface area contributed by atoms with E-state index in [1.165, 1.54) is 12.8 Å². The number of nitrogens with two attached hydrogens (primary N) is 1. The summed E-state index contributed by atoms with van der Waals surface area (Å²) >= 11 is 1.57. The van der Waals surface area contributed by atoms with Crippen molar-refractivity contribution in [2.24, 2.45) is 5.73 Å². The lowest BCUT2D eigenvalue weighted by atomic mass is 9.96. The van der Waals surface area contributed by atoms with Crippen molar-refractivity contribution in [1.82, 2.24) is 0 Å². The van der Waals surface area contributed by atoms with Crippen molar-refractivity contribution in [2.45, 2.75) is 41.2 Å². The minimum atomic E-state index is -0.875. The molecule has 1 fully saturated rings. The van der Waals surface area contributed by atoms with Crippen LogP contribution in [-0.2, 0) is 10.8 Å². The second kappa shape index (κ2) is 4.55. The van der Waals surface area contributed by atoms with Crippen LogP contribution >= 0.6 is 11.3 Å². The zero-order chi connectivity index (χ0) is 9.97. The Morgan fingerprint density at radius 2 is 2.21 bits per heavy atom. The van der Waals surface area contributed by atoms with Crippen LogP contribution in [0, 0.1) is 0 Å². The van der Waals surface area contributed by atoms with Crippen LogP contribution in [0.4, 0.5) is 0 Å². The van der Waals surface area contributed by atoms with Gasteiger partial charge < -0.3 is 5.73 Å². The van der Waals surface area contributed by atoms with E-state index >= 15 is 0 Å². The molecule has 1 saturated carbocycles. The topological polar surface area (TPSA) is 43.1 Å². The lowest BCUT2D eigenvalue weighted by molar-refractivity contribution is 0.445. The summed E-state index contributed by atoms with van der Waals surface area (Å²) in [6.07, 6.45) is 4.42. The number of hydrogen-bond donors (Lipinski definition) is 1. The molecule has 78 valence electrons. The zero-order valence-corrected chi connectivity index (χ0v) is 9.65. The van der Waals surface area contributed by atoms with Gasteiger partial charge in [0, 0.05) is 6.04 Å². The van der Waals surface area contributed by atoms with Crippen molar-refractivity contribution in [3.05, 3.63) is 17.5 Å². The van der Waals surface area contributed by atoms with Crippen molar-refractivity contribution in [2.75, 3.05) is 0 Å². The molecule has 0 aliphatic heterocycles. The Balaban J connectivity index is 2.10. The van der Waals surface area contributed by atoms with Gasteiger partial charge >= 0.3 is 0 Å². The summed E-state index contributed by atoms with van der Waals surface area (Å²) in [5.74, 6) is 0. The fourth-order valence-corrected chi connectivity index (χ4v) is 4.63. The average Bonchev–Trinajstić information content (AvgIpc) is 2.70. The highest BCUT2D eigenvalue weighted by Gasteiger charge is 2.28. The third-order valence-electron chi connectivity index (χ3n) is 2.72. The van der Waals surface area contributed by atoms with Gasteiger partial charge in [-0.1, -0.05) is 18.9 Å². The zero-order valence-electron chi connectivity index (χ0n) is 8.02. The van der Waals surface area contributed by atoms with E-state index in [0.717, 1.165) is 17.1 Å². The molecule has 1 aromatic heterocycles. The maximum Gasteiger partial charge on any atom is 0.0914 e. The lowest BCUT2D eigenvalue weighted by Crippen LogP contribution is -2.40. The first-order valence-corrected chi connectivity index (χ1v) is 7.08. The quantitative estimate of drug-likeness (QED) is 0.844. The molecular weight excluding hydrogens is 214 g/mol. The summed E-state index contributed by atoms with van der Waals surface area (Å²) < 4.78 is 13.1. The van der Waals surface area contributed by atoms with E-state index in [9.17, 15) is 4.21 Å². The van der Waals surface area contributed by atoms with E-state index in [2.05, 4.69) is 0 Å². The van der Waals surface area contributed by atoms with Gasteiger partial charge in [0.25, 0.3) is 0 Å². The van der Waals surface area contributed by atoms with E-state index in [1.54, 1.807) is 11.3 Å². The van der Waals surface area contributed by atoms with Crippen molar-refractivity contribution in [3.8, 4) is 0 Å². The molecule has 4 heteroatoms. The highest BCUT2D eigenvalue weighted by Crippen LogP contribution is 2.27. The van der Waals surface area contributed by atoms with Crippen LogP contribution in [0.1, 0.15) is 25.7 Å². The Hall–Kier alpha value is -0.190. The number of thiophene rings is 1. The van der Waals surface area contributed by atoms with E-state index in [1.807, 2.05) is 17.5 Å². The van der Waals surface area contributed by atoms with Crippen molar-refractivity contribution in [1.29, 1.82) is 0 Å². The molecule has 0 amide bonds. The first kappa shape index (κ1) is 10.3. The van der Waals surface area contributed by atoms with Gasteiger partial charge in [0.15, 0.2) is 0 Å². The fourth-order valence-electron chi connectivity index (χ4n) is 1.92. The van der Waals surface area contributed by atoms with E-state index in [-0.39, 0.29) is 11.3 Å². The molecule has 2 rings (SSSR count). The summed E-state index contributed by atoms with van der Waals surface area (Å²) in [5.41, 5.74) is 6.00. The molecule has 2 N–H and O–H groups in total. The molecule has 3 unspecified atom stereocenters. The van der Waals surface area contributed by atoms with E-state index < -0.39 is 10.8 Å². The average molecular weight is 229 g/mol. The predicted molar refractivity (Wildman–Crippen MR) is 61.0 cm³/mol. The van der Waals surface area contributed by atoms with Gasteiger partial charge in [-0.15, -0.1) is 11.3 Å². The van der Waals surface area contributed by atoms with Crippen molar-refractivity contribution < 1.29 is 4.21 Å². The predicted octanol–water partition coefficient (Wildman–Crippen LogP) is 2.13. The third-order valence-corrected chi connectivity index (χ3v) is 5.83. The van der Waals surface area contributed by atoms with Crippen LogP contribution in [-0.4, -0.2) is 15.5 Å². The van der Waals surface area contributed by atoms with Gasteiger partial charge in [0.2, 0.25) is 0 Å². The highest BCUT2D eigenvalue weighted by atomic mass is 32.2. The Bertz CT molecular complexity index is 310. The molecular formula is C10H15NOS2. The van der Waals surface area contributed by atoms with Crippen molar-refractivity contribution >= 4 is 22.1 Å². The standard InChI is InChI=1S/C10H15NOS2/c11-8-4-1-2-5-9(8)14(12)10-6-3-7-13-10/h3,6-9H,1-2,4-5,11H2. The van der Waals surface area contributed by atoms with E-state index in [4.69, 9.17) is 5.73 Å². The summed E-state index contributed by atoms with van der Waals surface area (Å²) in [6, 6.07) is 4.03. The minimum Gasteiger partial charge on any atom is -0.327 e. The SMILES string of the molecule is NC1CCCCC1S(=O)c1cccs1. The van der Waals surface area contributed by atoms with Crippen LogP contribution in [0.25, 0.3) is 0 Å². The Morgan fingerprint density at radius 1 is 1.43 bits per heavy atom. The summed E-state index contributed by atoms with van der Waals surface area (Å²) in [4.78, 5) is 0.